The summed E-state index contributed by atoms with van der Waals surface area (Å²) in [6.07, 6.45) is 5.40. The molecule has 1 aliphatic heterocycles. The number of carbonyl (C=O) groups excluding carboxylic acids is 2. The van der Waals surface area contributed by atoms with E-state index in [1.165, 1.54) is 0 Å². The lowest BCUT2D eigenvalue weighted by Gasteiger charge is -2.35. The van der Waals surface area contributed by atoms with Gasteiger partial charge in [0.25, 0.3) is 0 Å². The molecule has 1 saturated heterocycles. The molecular weight excluding hydrogens is 344 g/mol. The lowest BCUT2D eigenvalue weighted by Crippen LogP contribution is -2.50. The molecule has 0 aromatic carbocycles. The van der Waals surface area contributed by atoms with Gasteiger partial charge in [-0.15, -0.1) is 0 Å². The van der Waals surface area contributed by atoms with E-state index >= 15 is 0 Å². The van der Waals surface area contributed by atoms with Crippen LogP contribution in [0, 0.1) is 0 Å². The van der Waals surface area contributed by atoms with Crippen molar-refractivity contribution in [1.29, 1.82) is 0 Å². The summed E-state index contributed by atoms with van der Waals surface area (Å²) in [5.74, 6) is 0.0774. The number of aryl methyl sites for hydroxylation is 1. The molecule has 1 aromatic rings. The normalized spacial score (nSPS) is 15.4. The van der Waals surface area contributed by atoms with Crippen LogP contribution in [0.2, 0.25) is 0 Å². The van der Waals surface area contributed by atoms with Gasteiger partial charge in [0.15, 0.2) is 0 Å². The van der Waals surface area contributed by atoms with Gasteiger partial charge in [-0.1, -0.05) is 6.07 Å². The summed E-state index contributed by atoms with van der Waals surface area (Å²) in [6, 6.07) is 3.87. The van der Waals surface area contributed by atoms with Crippen molar-refractivity contribution in [2.75, 3.05) is 39.3 Å². The van der Waals surface area contributed by atoms with Gasteiger partial charge in [0.05, 0.1) is 0 Å². The number of carbonyl (C=O) groups is 2. The predicted octanol–water partition coefficient (Wildman–Crippen LogP) is 2.07. The molecule has 0 saturated carbocycles. The number of piperazine rings is 1. The maximum atomic E-state index is 12.1. The third-order valence-corrected chi connectivity index (χ3v) is 4.36. The molecule has 1 fully saturated rings. The van der Waals surface area contributed by atoms with Gasteiger partial charge in [0.1, 0.15) is 5.60 Å². The summed E-state index contributed by atoms with van der Waals surface area (Å²) >= 11 is 0. The SMILES string of the molecule is CC(C)(C)OC(=O)N1CCN(CCCNC(=O)CCc2cccnc2)CC1. The summed E-state index contributed by atoms with van der Waals surface area (Å²) in [7, 11) is 0. The zero-order valence-electron chi connectivity index (χ0n) is 16.7. The summed E-state index contributed by atoms with van der Waals surface area (Å²) in [5, 5.41) is 2.97. The van der Waals surface area contributed by atoms with Crippen LogP contribution >= 0.6 is 0 Å². The fourth-order valence-electron chi connectivity index (χ4n) is 2.90. The van der Waals surface area contributed by atoms with Gasteiger partial charge < -0.3 is 15.0 Å². The molecule has 2 heterocycles. The number of ether oxygens (including phenoxy) is 1. The van der Waals surface area contributed by atoms with Crippen LogP contribution in [-0.4, -0.2) is 71.7 Å². The molecule has 7 nitrogen and oxygen atoms in total. The zero-order chi connectivity index (χ0) is 19.7. The van der Waals surface area contributed by atoms with E-state index < -0.39 is 5.60 Å². The minimum absolute atomic E-state index is 0.0774. The van der Waals surface area contributed by atoms with Gasteiger partial charge in [-0.05, 0) is 51.8 Å². The highest BCUT2D eigenvalue weighted by molar-refractivity contribution is 5.76. The van der Waals surface area contributed by atoms with Crippen molar-refractivity contribution < 1.29 is 14.3 Å². The fraction of sp³-hybridized carbons (Fsp3) is 0.650. The monoisotopic (exact) mass is 376 g/mol. The molecule has 1 aromatic heterocycles. The molecule has 0 atom stereocenters. The van der Waals surface area contributed by atoms with Crippen LogP contribution in [0.5, 0.6) is 0 Å². The topological polar surface area (TPSA) is 74.8 Å². The van der Waals surface area contributed by atoms with Crippen molar-refractivity contribution in [3.8, 4) is 0 Å². The second kappa shape index (κ2) is 10.3. The van der Waals surface area contributed by atoms with E-state index in [2.05, 4.69) is 15.2 Å². The van der Waals surface area contributed by atoms with Crippen LogP contribution in [0.15, 0.2) is 24.5 Å². The Balaban J connectivity index is 1.54. The summed E-state index contributed by atoms with van der Waals surface area (Å²) in [4.78, 5) is 32.1. The molecule has 27 heavy (non-hydrogen) atoms. The minimum atomic E-state index is -0.455. The van der Waals surface area contributed by atoms with Crippen molar-refractivity contribution >= 4 is 12.0 Å². The van der Waals surface area contributed by atoms with E-state index in [1.807, 2.05) is 32.9 Å². The van der Waals surface area contributed by atoms with Crippen LogP contribution in [0.3, 0.4) is 0 Å². The van der Waals surface area contributed by atoms with Crippen molar-refractivity contribution in [1.82, 2.24) is 20.1 Å². The van der Waals surface area contributed by atoms with Gasteiger partial charge in [0, 0.05) is 51.5 Å². The van der Waals surface area contributed by atoms with Crippen LogP contribution < -0.4 is 5.32 Å². The van der Waals surface area contributed by atoms with E-state index in [-0.39, 0.29) is 12.0 Å². The standard InChI is InChI=1S/C20H32N4O3/c1-20(2,3)27-19(26)24-14-12-23(13-15-24)11-5-10-22-18(25)8-7-17-6-4-9-21-16-17/h4,6,9,16H,5,7-8,10-15H2,1-3H3,(H,22,25). The van der Waals surface area contributed by atoms with Crippen molar-refractivity contribution in [3.63, 3.8) is 0 Å². The third-order valence-electron chi connectivity index (χ3n) is 4.36. The number of amides is 2. The van der Waals surface area contributed by atoms with Crippen LogP contribution in [-0.2, 0) is 16.0 Å². The van der Waals surface area contributed by atoms with E-state index in [1.54, 1.807) is 17.3 Å². The lowest BCUT2D eigenvalue weighted by atomic mass is 10.1. The van der Waals surface area contributed by atoms with Crippen LogP contribution in [0.25, 0.3) is 0 Å². The van der Waals surface area contributed by atoms with E-state index in [4.69, 9.17) is 4.74 Å². The van der Waals surface area contributed by atoms with Gasteiger partial charge in [-0.25, -0.2) is 4.79 Å². The van der Waals surface area contributed by atoms with Crippen LogP contribution in [0.1, 0.15) is 39.2 Å². The first kappa shape index (κ1) is 21.2. The van der Waals surface area contributed by atoms with Crippen molar-refractivity contribution in [2.24, 2.45) is 0 Å². The largest absolute Gasteiger partial charge is 0.444 e. The molecule has 0 spiro atoms. The first-order valence-corrected chi connectivity index (χ1v) is 9.69. The number of hydrogen-bond acceptors (Lipinski definition) is 5. The summed E-state index contributed by atoms with van der Waals surface area (Å²) in [6.45, 7) is 10.3. The van der Waals surface area contributed by atoms with Gasteiger partial charge >= 0.3 is 6.09 Å². The smallest absolute Gasteiger partial charge is 0.410 e. The number of nitrogens with one attached hydrogen (secondary N) is 1. The molecular formula is C20H32N4O3. The second-order valence-corrected chi connectivity index (χ2v) is 7.87. The van der Waals surface area contributed by atoms with Gasteiger partial charge in [-0.3, -0.25) is 14.7 Å². The maximum Gasteiger partial charge on any atom is 0.410 e. The fourth-order valence-corrected chi connectivity index (χ4v) is 2.90. The maximum absolute atomic E-state index is 12.1. The summed E-state index contributed by atoms with van der Waals surface area (Å²) in [5.41, 5.74) is 0.624. The molecule has 150 valence electrons. The third kappa shape index (κ3) is 8.39. The molecule has 0 bridgehead atoms. The number of pyridine rings is 1. The van der Waals surface area contributed by atoms with E-state index in [9.17, 15) is 9.59 Å². The average Bonchev–Trinajstić information content (AvgIpc) is 2.63. The first-order chi connectivity index (χ1) is 12.8. The molecule has 7 heteroatoms. The lowest BCUT2D eigenvalue weighted by molar-refractivity contribution is -0.121. The number of nitrogens with zero attached hydrogens (tertiary/aromatic N) is 3. The Labute approximate surface area is 162 Å². The highest BCUT2D eigenvalue weighted by atomic mass is 16.6. The first-order valence-electron chi connectivity index (χ1n) is 9.69. The van der Waals surface area contributed by atoms with E-state index in [0.29, 0.717) is 32.5 Å². The number of aromatic nitrogens is 1. The van der Waals surface area contributed by atoms with Gasteiger partial charge in [-0.2, -0.15) is 0 Å². The highest BCUT2D eigenvalue weighted by Crippen LogP contribution is 2.12. The number of rotatable bonds is 7. The minimum Gasteiger partial charge on any atom is -0.444 e. The Kier molecular flexibility index (Phi) is 8.03. The van der Waals surface area contributed by atoms with Crippen molar-refractivity contribution in [3.05, 3.63) is 30.1 Å². The van der Waals surface area contributed by atoms with Crippen LogP contribution in [0.4, 0.5) is 4.79 Å². The Morgan fingerprint density at radius 1 is 1.22 bits per heavy atom. The molecule has 0 aliphatic carbocycles. The van der Waals surface area contributed by atoms with Gasteiger partial charge in [0.2, 0.25) is 5.91 Å². The average molecular weight is 377 g/mol. The zero-order valence-corrected chi connectivity index (χ0v) is 16.7. The van der Waals surface area contributed by atoms with E-state index in [0.717, 1.165) is 31.6 Å². The number of hydrogen-bond donors (Lipinski definition) is 1. The Hall–Kier alpha value is -2.15. The molecule has 2 amide bonds. The quantitative estimate of drug-likeness (QED) is 0.738. The molecule has 1 aliphatic rings. The molecule has 0 radical (unpaired) electrons. The van der Waals surface area contributed by atoms with Crippen molar-refractivity contribution in [2.45, 2.75) is 45.6 Å². The highest BCUT2D eigenvalue weighted by Gasteiger charge is 2.25. The Bertz CT molecular complexity index is 593. The Morgan fingerprint density at radius 3 is 2.59 bits per heavy atom. The molecule has 1 N–H and O–H groups in total. The second-order valence-electron chi connectivity index (χ2n) is 7.87. The predicted molar refractivity (Wildman–Crippen MR) is 104 cm³/mol. The Morgan fingerprint density at radius 2 is 1.96 bits per heavy atom. The summed E-state index contributed by atoms with van der Waals surface area (Å²) < 4.78 is 5.41. The molecule has 0 unspecified atom stereocenters. The molecule has 2 rings (SSSR count).